The maximum atomic E-state index is 12.9. The Morgan fingerprint density at radius 1 is 1.18 bits per heavy atom. The van der Waals surface area contributed by atoms with E-state index >= 15 is 0 Å². The van der Waals surface area contributed by atoms with Crippen LogP contribution in [0.3, 0.4) is 0 Å². The molecule has 2 aliphatic heterocycles. The van der Waals surface area contributed by atoms with Gasteiger partial charge in [-0.15, -0.1) is 0 Å². The van der Waals surface area contributed by atoms with E-state index in [-0.39, 0.29) is 42.6 Å². The van der Waals surface area contributed by atoms with E-state index in [1.165, 1.54) is 24.3 Å². The highest BCUT2D eigenvalue weighted by Gasteiger charge is 2.41. The van der Waals surface area contributed by atoms with Crippen molar-refractivity contribution in [1.82, 2.24) is 14.7 Å². The van der Waals surface area contributed by atoms with Crippen LogP contribution in [0.25, 0.3) is 0 Å². The van der Waals surface area contributed by atoms with Gasteiger partial charge in [0, 0.05) is 26.2 Å². The summed E-state index contributed by atoms with van der Waals surface area (Å²) in [4.78, 5) is 42.6. The molecule has 0 N–H and O–H groups in total. The summed E-state index contributed by atoms with van der Waals surface area (Å²) in [5.74, 6) is 0.00603. The maximum absolute atomic E-state index is 12.9. The van der Waals surface area contributed by atoms with Crippen molar-refractivity contribution in [2.75, 3.05) is 39.3 Å². The Balaban J connectivity index is 1.59. The van der Waals surface area contributed by atoms with Gasteiger partial charge in [0.15, 0.2) is 6.61 Å². The molecule has 152 valence electrons. The fourth-order valence-electron chi connectivity index (χ4n) is 3.64. The van der Waals surface area contributed by atoms with Gasteiger partial charge in [0.1, 0.15) is 17.6 Å². The van der Waals surface area contributed by atoms with Crippen molar-refractivity contribution < 1.29 is 23.5 Å². The van der Waals surface area contributed by atoms with E-state index in [1.807, 2.05) is 13.8 Å². The van der Waals surface area contributed by atoms with Gasteiger partial charge >= 0.3 is 0 Å². The zero-order valence-corrected chi connectivity index (χ0v) is 16.3. The van der Waals surface area contributed by atoms with E-state index in [2.05, 4.69) is 0 Å². The summed E-state index contributed by atoms with van der Waals surface area (Å²) in [5, 5.41) is 0. The molecule has 1 aromatic carbocycles. The summed E-state index contributed by atoms with van der Waals surface area (Å²) in [7, 11) is 0. The lowest BCUT2D eigenvalue weighted by atomic mass is 10.1. The van der Waals surface area contributed by atoms with Crippen molar-refractivity contribution in [1.29, 1.82) is 0 Å². The van der Waals surface area contributed by atoms with Gasteiger partial charge in [-0.05, 0) is 36.6 Å². The number of halogens is 1. The normalized spacial score (nSPS) is 20.3. The molecule has 0 aliphatic carbocycles. The SMILES string of the molecule is CC(C)CN1CC(=O)N2CCN(C(=O)COc3ccc(F)cc3)CCC2C1=O. The van der Waals surface area contributed by atoms with Crippen LogP contribution < -0.4 is 4.74 Å². The fraction of sp³-hybridized carbons (Fsp3) is 0.550. The summed E-state index contributed by atoms with van der Waals surface area (Å²) in [6.07, 6.45) is 0.418. The Morgan fingerprint density at radius 2 is 1.89 bits per heavy atom. The number of amides is 3. The number of carbonyl (C=O) groups excluding carboxylic acids is 3. The molecule has 0 saturated carbocycles. The molecular weight excluding hydrogens is 365 g/mol. The zero-order chi connectivity index (χ0) is 20.3. The first-order chi connectivity index (χ1) is 13.3. The second-order valence-electron chi connectivity index (χ2n) is 7.63. The van der Waals surface area contributed by atoms with E-state index in [9.17, 15) is 18.8 Å². The van der Waals surface area contributed by atoms with Crippen molar-refractivity contribution in [3.63, 3.8) is 0 Å². The highest BCUT2D eigenvalue weighted by atomic mass is 19.1. The van der Waals surface area contributed by atoms with Crippen molar-refractivity contribution >= 4 is 17.7 Å². The second-order valence-corrected chi connectivity index (χ2v) is 7.63. The first-order valence-corrected chi connectivity index (χ1v) is 9.59. The van der Waals surface area contributed by atoms with Crippen LogP contribution in [0.2, 0.25) is 0 Å². The van der Waals surface area contributed by atoms with Crippen LogP contribution in [0.4, 0.5) is 4.39 Å². The van der Waals surface area contributed by atoms with Gasteiger partial charge in [0.05, 0.1) is 6.54 Å². The minimum atomic E-state index is -0.504. The molecule has 0 aromatic heterocycles. The average molecular weight is 391 g/mol. The van der Waals surface area contributed by atoms with Crippen molar-refractivity contribution in [2.45, 2.75) is 26.3 Å². The van der Waals surface area contributed by atoms with E-state index in [0.717, 1.165) is 0 Å². The topological polar surface area (TPSA) is 70.2 Å². The maximum Gasteiger partial charge on any atom is 0.260 e. The summed E-state index contributed by atoms with van der Waals surface area (Å²) < 4.78 is 18.4. The van der Waals surface area contributed by atoms with E-state index in [1.54, 1.807) is 14.7 Å². The molecule has 2 fully saturated rings. The number of hydrogen-bond acceptors (Lipinski definition) is 4. The summed E-state index contributed by atoms with van der Waals surface area (Å²) >= 11 is 0. The lowest BCUT2D eigenvalue weighted by Gasteiger charge is -2.39. The molecule has 7 nitrogen and oxygen atoms in total. The standard InChI is InChI=1S/C20H26FN3O4/c1-14(2)11-23-12-18(25)24-10-9-22(8-7-17(24)20(23)27)19(26)13-28-16-5-3-15(21)4-6-16/h3-6,14,17H,7-13H2,1-2H3. The monoisotopic (exact) mass is 391 g/mol. The highest BCUT2D eigenvalue weighted by molar-refractivity contribution is 5.95. The average Bonchev–Trinajstić information content (AvgIpc) is 2.88. The van der Waals surface area contributed by atoms with Crippen LogP contribution in [0, 0.1) is 11.7 Å². The minimum Gasteiger partial charge on any atom is -0.484 e. The Kier molecular flexibility index (Phi) is 6.16. The van der Waals surface area contributed by atoms with Gasteiger partial charge in [0.25, 0.3) is 5.91 Å². The molecule has 1 aromatic rings. The lowest BCUT2D eigenvalue weighted by molar-refractivity contribution is -0.156. The van der Waals surface area contributed by atoms with Crippen LogP contribution in [-0.4, -0.2) is 77.8 Å². The predicted molar refractivity (Wildman–Crippen MR) is 100 cm³/mol. The van der Waals surface area contributed by atoms with E-state index in [0.29, 0.717) is 38.3 Å². The molecule has 3 rings (SSSR count). The first kappa shape index (κ1) is 20.1. The predicted octanol–water partition coefficient (Wildman–Crippen LogP) is 1.13. The summed E-state index contributed by atoms with van der Waals surface area (Å²) in [5.41, 5.74) is 0. The van der Waals surface area contributed by atoms with Crippen molar-refractivity contribution in [3.05, 3.63) is 30.1 Å². The van der Waals surface area contributed by atoms with Crippen molar-refractivity contribution in [3.8, 4) is 5.75 Å². The van der Waals surface area contributed by atoms with Gasteiger partial charge in [0.2, 0.25) is 11.8 Å². The third kappa shape index (κ3) is 4.61. The van der Waals surface area contributed by atoms with E-state index in [4.69, 9.17) is 4.74 Å². The van der Waals surface area contributed by atoms with Gasteiger partial charge in [-0.2, -0.15) is 0 Å². The molecule has 8 heteroatoms. The van der Waals surface area contributed by atoms with E-state index < -0.39 is 6.04 Å². The Morgan fingerprint density at radius 3 is 2.57 bits per heavy atom. The summed E-state index contributed by atoms with van der Waals surface area (Å²) in [6, 6.07) is 4.96. The number of nitrogens with zero attached hydrogens (tertiary/aromatic N) is 3. The fourth-order valence-corrected chi connectivity index (χ4v) is 3.64. The lowest BCUT2D eigenvalue weighted by Crippen LogP contribution is -2.60. The Hall–Kier alpha value is -2.64. The quantitative estimate of drug-likeness (QED) is 0.755. The third-order valence-electron chi connectivity index (χ3n) is 5.02. The molecule has 2 heterocycles. The molecule has 0 bridgehead atoms. The summed E-state index contributed by atoms with van der Waals surface area (Å²) in [6.45, 7) is 5.62. The largest absolute Gasteiger partial charge is 0.484 e. The number of hydrogen-bond donors (Lipinski definition) is 0. The van der Waals surface area contributed by atoms with Gasteiger partial charge in [-0.3, -0.25) is 14.4 Å². The molecular formula is C20H26FN3O4. The first-order valence-electron chi connectivity index (χ1n) is 9.59. The number of rotatable bonds is 5. The van der Waals surface area contributed by atoms with Gasteiger partial charge in [-0.1, -0.05) is 13.8 Å². The smallest absolute Gasteiger partial charge is 0.260 e. The number of fused-ring (bicyclic) bond motifs is 1. The molecule has 2 aliphatic rings. The van der Waals surface area contributed by atoms with Crippen LogP contribution in [0.15, 0.2) is 24.3 Å². The van der Waals surface area contributed by atoms with Crippen LogP contribution >= 0.6 is 0 Å². The van der Waals surface area contributed by atoms with Crippen LogP contribution in [0.1, 0.15) is 20.3 Å². The third-order valence-corrected chi connectivity index (χ3v) is 5.02. The highest BCUT2D eigenvalue weighted by Crippen LogP contribution is 2.20. The second kappa shape index (κ2) is 8.58. The van der Waals surface area contributed by atoms with Crippen LogP contribution in [0.5, 0.6) is 5.75 Å². The molecule has 1 unspecified atom stereocenters. The zero-order valence-electron chi connectivity index (χ0n) is 16.3. The molecule has 1 atom stereocenters. The Labute approximate surface area is 164 Å². The number of piperazine rings is 1. The van der Waals surface area contributed by atoms with Crippen molar-refractivity contribution in [2.24, 2.45) is 5.92 Å². The number of benzene rings is 1. The molecule has 3 amide bonds. The molecule has 0 spiro atoms. The minimum absolute atomic E-state index is 0.0369. The van der Waals surface area contributed by atoms with Crippen LogP contribution in [-0.2, 0) is 14.4 Å². The Bertz CT molecular complexity index is 737. The number of ether oxygens (including phenoxy) is 1. The number of carbonyl (C=O) groups is 3. The van der Waals surface area contributed by atoms with Gasteiger partial charge in [-0.25, -0.2) is 4.39 Å². The van der Waals surface area contributed by atoms with Gasteiger partial charge < -0.3 is 19.4 Å². The molecule has 2 saturated heterocycles. The molecule has 28 heavy (non-hydrogen) atoms. The molecule has 0 radical (unpaired) electrons.